The first-order valence-electron chi connectivity index (χ1n) is 6.77. The molecule has 0 amide bonds. The van der Waals surface area contributed by atoms with Crippen molar-refractivity contribution in [3.63, 3.8) is 0 Å². The Morgan fingerprint density at radius 1 is 1.17 bits per heavy atom. The van der Waals surface area contributed by atoms with Crippen molar-refractivity contribution >= 4 is 10.0 Å². The van der Waals surface area contributed by atoms with Crippen LogP contribution in [0.25, 0.3) is 0 Å². The summed E-state index contributed by atoms with van der Waals surface area (Å²) in [4.78, 5) is 2.12. The first-order valence-corrected chi connectivity index (χ1v) is 8.42. The second kappa shape index (κ2) is 9.72. The van der Waals surface area contributed by atoms with Crippen molar-refractivity contribution in [3.8, 4) is 0 Å². The molecule has 0 spiro atoms. The second-order valence-electron chi connectivity index (χ2n) is 4.85. The van der Waals surface area contributed by atoms with E-state index in [4.69, 9.17) is 0 Å². The van der Waals surface area contributed by atoms with E-state index >= 15 is 0 Å². The summed E-state index contributed by atoms with van der Waals surface area (Å²) in [7, 11) is -1.10. The molecule has 110 valence electrons. The van der Waals surface area contributed by atoms with Crippen molar-refractivity contribution in [3.05, 3.63) is 0 Å². The fourth-order valence-electron chi connectivity index (χ4n) is 1.43. The molecule has 0 fully saturated rings. The van der Waals surface area contributed by atoms with Crippen LogP contribution in [-0.4, -0.2) is 58.3 Å². The van der Waals surface area contributed by atoms with Gasteiger partial charge in [0.25, 0.3) is 0 Å². The van der Waals surface area contributed by atoms with Crippen LogP contribution in [0.4, 0.5) is 0 Å². The monoisotopic (exact) mass is 279 g/mol. The highest BCUT2D eigenvalue weighted by Gasteiger charge is 2.10. The molecule has 0 aliphatic carbocycles. The number of nitrogens with one attached hydrogen (secondary N) is 2. The maximum Gasteiger partial charge on any atom is 0.211 e. The zero-order valence-corrected chi connectivity index (χ0v) is 13.0. The first-order chi connectivity index (χ1) is 8.39. The molecule has 2 N–H and O–H groups in total. The van der Waals surface area contributed by atoms with Gasteiger partial charge >= 0.3 is 0 Å². The van der Waals surface area contributed by atoms with E-state index in [0.717, 1.165) is 26.1 Å². The van der Waals surface area contributed by atoms with E-state index in [-0.39, 0.29) is 5.75 Å². The van der Waals surface area contributed by atoms with Crippen LogP contribution >= 0.6 is 0 Å². The number of hydrogen-bond acceptors (Lipinski definition) is 4. The SMILES string of the molecule is CCNCCCCS(=O)(=O)NCCN(C)C(C)C. The van der Waals surface area contributed by atoms with Crippen molar-refractivity contribution < 1.29 is 8.42 Å². The lowest BCUT2D eigenvalue weighted by atomic mass is 10.3. The summed E-state index contributed by atoms with van der Waals surface area (Å²) in [5.74, 6) is 0.226. The molecule has 0 aliphatic rings. The van der Waals surface area contributed by atoms with Crippen LogP contribution in [0.5, 0.6) is 0 Å². The normalized spacial score (nSPS) is 12.6. The Kier molecular flexibility index (Phi) is 9.63. The average Bonchev–Trinajstić information content (AvgIpc) is 2.28. The molecule has 0 heterocycles. The van der Waals surface area contributed by atoms with Crippen molar-refractivity contribution in [2.24, 2.45) is 0 Å². The van der Waals surface area contributed by atoms with E-state index in [0.29, 0.717) is 19.0 Å². The Bertz CT molecular complexity index is 292. The summed E-state index contributed by atoms with van der Waals surface area (Å²) >= 11 is 0. The highest BCUT2D eigenvalue weighted by atomic mass is 32.2. The van der Waals surface area contributed by atoms with Crippen LogP contribution < -0.4 is 10.0 Å². The number of sulfonamides is 1. The first kappa shape index (κ1) is 17.8. The molecule has 0 bridgehead atoms. The summed E-state index contributed by atoms with van der Waals surface area (Å²) in [5.41, 5.74) is 0. The van der Waals surface area contributed by atoms with Crippen molar-refractivity contribution in [2.45, 2.75) is 39.7 Å². The number of unbranched alkanes of at least 4 members (excludes halogenated alkanes) is 1. The molecular weight excluding hydrogens is 250 g/mol. The summed E-state index contributed by atoms with van der Waals surface area (Å²) in [6.45, 7) is 9.29. The average molecular weight is 279 g/mol. The molecule has 5 nitrogen and oxygen atoms in total. The van der Waals surface area contributed by atoms with E-state index < -0.39 is 10.0 Å². The minimum absolute atomic E-state index is 0.226. The molecule has 18 heavy (non-hydrogen) atoms. The Morgan fingerprint density at radius 2 is 1.83 bits per heavy atom. The number of rotatable bonds is 11. The van der Waals surface area contributed by atoms with Gasteiger partial charge in [-0.25, -0.2) is 13.1 Å². The van der Waals surface area contributed by atoms with Crippen LogP contribution in [0, 0.1) is 0 Å². The third-order valence-corrected chi connectivity index (χ3v) is 4.40. The molecule has 0 radical (unpaired) electrons. The summed E-state index contributed by atoms with van der Waals surface area (Å²) in [6, 6.07) is 0.439. The molecule has 0 aromatic heterocycles. The van der Waals surface area contributed by atoms with Gasteiger partial charge in [-0.15, -0.1) is 0 Å². The largest absolute Gasteiger partial charge is 0.317 e. The lowest BCUT2D eigenvalue weighted by Gasteiger charge is -2.20. The molecular formula is C12H29N3O2S. The quantitative estimate of drug-likeness (QED) is 0.545. The van der Waals surface area contributed by atoms with Crippen LogP contribution in [0.2, 0.25) is 0 Å². The van der Waals surface area contributed by atoms with Gasteiger partial charge in [-0.2, -0.15) is 0 Å². The van der Waals surface area contributed by atoms with Crippen molar-refractivity contribution in [1.82, 2.24) is 14.9 Å². The molecule has 0 atom stereocenters. The third kappa shape index (κ3) is 9.82. The van der Waals surface area contributed by atoms with Gasteiger partial charge in [-0.1, -0.05) is 6.92 Å². The van der Waals surface area contributed by atoms with Gasteiger partial charge in [0, 0.05) is 19.1 Å². The fourth-order valence-corrected chi connectivity index (χ4v) is 2.56. The fraction of sp³-hybridized carbons (Fsp3) is 1.00. The lowest BCUT2D eigenvalue weighted by Crippen LogP contribution is -2.37. The van der Waals surface area contributed by atoms with Gasteiger partial charge in [0.15, 0.2) is 0 Å². The van der Waals surface area contributed by atoms with Gasteiger partial charge in [0.2, 0.25) is 10.0 Å². The van der Waals surface area contributed by atoms with Crippen molar-refractivity contribution in [2.75, 3.05) is 39.0 Å². The van der Waals surface area contributed by atoms with Gasteiger partial charge in [0.1, 0.15) is 0 Å². The molecule has 0 rings (SSSR count). The smallest absolute Gasteiger partial charge is 0.211 e. The zero-order chi connectivity index (χ0) is 14.0. The standard InChI is InChI=1S/C12H29N3O2S/c1-5-13-8-6-7-11-18(16,17)14-9-10-15(4)12(2)3/h12-14H,5-11H2,1-4H3. The molecule has 0 aromatic rings. The van der Waals surface area contributed by atoms with Crippen LogP contribution in [0.15, 0.2) is 0 Å². The molecule has 0 saturated carbocycles. The highest BCUT2D eigenvalue weighted by Crippen LogP contribution is 1.95. The van der Waals surface area contributed by atoms with Gasteiger partial charge in [-0.05, 0) is 46.8 Å². The topological polar surface area (TPSA) is 61.4 Å². The maximum atomic E-state index is 11.7. The molecule has 0 saturated heterocycles. The molecule has 0 aromatic carbocycles. The number of likely N-dealkylation sites (N-methyl/N-ethyl adjacent to an activating group) is 1. The Hall–Kier alpha value is -0.170. The third-order valence-electron chi connectivity index (χ3n) is 2.93. The van der Waals surface area contributed by atoms with E-state index in [2.05, 4.69) is 28.8 Å². The van der Waals surface area contributed by atoms with E-state index in [1.54, 1.807) is 0 Å². The molecule has 0 aliphatic heterocycles. The Labute approximate surface area is 112 Å². The van der Waals surface area contributed by atoms with E-state index in [1.165, 1.54) is 0 Å². The molecule has 6 heteroatoms. The lowest BCUT2D eigenvalue weighted by molar-refractivity contribution is 0.278. The second-order valence-corrected chi connectivity index (χ2v) is 6.77. The predicted molar refractivity (Wildman–Crippen MR) is 77.3 cm³/mol. The molecule has 0 unspecified atom stereocenters. The zero-order valence-electron chi connectivity index (χ0n) is 12.2. The number of hydrogen-bond donors (Lipinski definition) is 2. The minimum Gasteiger partial charge on any atom is -0.317 e. The van der Waals surface area contributed by atoms with Crippen molar-refractivity contribution in [1.29, 1.82) is 0 Å². The number of nitrogens with zero attached hydrogens (tertiary/aromatic N) is 1. The Balaban J connectivity index is 3.67. The minimum atomic E-state index is -3.09. The Morgan fingerprint density at radius 3 is 2.39 bits per heavy atom. The van der Waals surface area contributed by atoms with Gasteiger partial charge in [-0.3, -0.25) is 0 Å². The summed E-state index contributed by atoms with van der Waals surface area (Å²) in [6.07, 6.45) is 1.61. The summed E-state index contributed by atoms with van der Waals surface area (Å²) < 4.78 is 26.0. The predicted octanol–water partition coefficient (Wildman–Crippen LogP) is 0.636. The van der Waals surface area contributed by atoms with Crippen LogP contribution in [0.3, 0.4) is 0 Å². The van der Waals surface area contributed by atoms with E-state index in [9.17, 15) is 8.42 Å². The van der Waals surface area contributed by atoms with E-state index in [1.807, 2.05) is 14.0 Å². The summed E-state index contributed by atoms with van der Waals surface area (Å²) in [5, 5.41) is 3.18. The van der Waals surface area contributed by atoms with Crippen LogP contribution in [-0.2, 0) is 10.0 Å². The highest BCUT2D eigenvalue weighted by molar-refractivity contribution is 7.89. The maximum absolute atomic E-state index is 11.7. The van der Waals surface area contributed by atoms with Gasteiger partial charge < -0.3 is 10.2 Å². The van der Waals surface area contributed by atoms with Crippen LogP contribution in [0.1, 0.15) is 33.6 Å². The van der Waals surface area contributed by atoms with Gasteiger partial charge in [0.05, 0.1) is 5.75 Å².